The molecule has 0 N–H and O–H groups in total. The zero-order chi connectivity index (χ0) is 18.0. The lowest BCUT2D eigenvalue weighted by Crippen LogP contribution is -2.42. The maximum Gasteiger partial charge on any atom is 0.410 e. The van der Waals surface area contributed by atoms with Gasteiger partial charge in [0.1, 0.15) is 16.6 Å². The number of carbonyl (C=O) groups is 1. The van der Waals surface area contributed by atoms with Crippen molar-refractivity contribution in [2.75, 3.05) is 26.3 Å². The lowest BCUT2D eigenvalue weighted by Gasteiger charge is -2.34. The summed E-state index contributed by atoms with van der Waals surface area (Å²) in [6, 6.07) is 1.82. The highest BCUT2D eigenvalue weighted by Gasteiger charge is 2.30. The van der Waals surface area contributed by atoms with Crippen molar-refractivity contribution in [2.24, 2.45) is 0 Å². The van der Waals surface area contributed by atoms with Gasteiger partial charge in [0.15, 0.2) is 0 Å². The van der Waals surface area contributed by atoms with Gasteiger partial charge >= 0.3 is 6.09 Å². The summed E-state index contributed by atoms with van der Waals surface area (Å²) in [7, 11) is 0. The number of amides is 1. The van der Waals surface area contributed by atoms with Gasteiger partial charge in [-0.2, -0.15) is 0 Å². The van der Waals surface area contributed by atoms with Crippen LogP contribution in [0.1, 0.15) is 63.4 Å². The van der Waals surface area contributed by atoms with Crippen LogP contribution in [0.2, 0.25) is 5.15 Å². The summed E-state index contributed by atoms with van der Waals surface area (Å²) < 4.78 is 10.9. The molecule has 0 saturated carbocycles. The van der Waals surface area contributed by atoms with E-state index in [1.54, 1.807) is 4.90 Å². The minimum absolute atomic E-state index is 0.155. The summed E-state index contributed by atoms with van der Waals surface area (Å²) in [5.41, 5.74) is 0.424. The lowest BCUT2D eigenvalue weighted by atomic mass is 9.94. The monoisotopic (exact) mass is 367 g/mol. The highest BCUT2D eigenvalue weighted by molar-refractivity contribution is 6.29. The Balaban J connectivity index is 1.73. The third-order valence-corrected chi connectivity index (χ3v) is 4.71. The number of halogens is 1. The number of carbonyl (C=O) groups excluding carboxylic acids is 1. The van der Waals surface area contributed by atoms with E-state index in [1.165, 1.54) is 0 Å². The Hall–Kier alpha value is -1.40. The van der Waals surface area contributed by atoms with Crippen molar-refractivity contribution in [1.82, 2.24) is 14.9 Å². The number of aromatic nitrogens is 2. The Kier molecular flexibility index (Phi) is 5.49. The molecule has 0 spiro atoms. The van der Waals surface area contributed by atoms with Crippen LogP contribution in [0.3, 0.4) is 0 Å². The molecule has 2 aliphatic rings. The largest absolute Gasteiger partial charge is 0.444 e. The summed E-state index contributed by atoms with van der Waals surface area (Å²) in [5, 5.41) is 0.460. The molecule has 2 atom stereocenters. The summed E-state index contributed by atoms with van der Waals surface area (Å²) in [5.74, 6) is 1.13. The highest BCUT2D eigenvalue weighted by atomic mass is 35.5. The maximum absolute atomic E-state index is 12.4. The van der Waals surface area contributed by atoms with Crippen molar-refractivity contribution in [2.45, 2.75) is 57.5 Å². The van der Waals surface area contributed by atoms with Gasteiger partial charge in [0.05, 0.1) is 12.3 Å². The van der Waals surface area contributed by atoms with E-state index in [2.05, 4.69) is 4.98 Å². The molecule has 0 aromatic carbocycles. The average molecular weight is 368 g/mol. The van der Waals surface area contributed by atoms with Crippen LogP contribution < -0.4 is 0 Å². The van der Waals surface area contributed by atoms with Gasteiger partial charge in [-0.05, 0) is 46.1 Å². The zero-order valence-corrected chi connectivity index (χ0v) is 15.9. The van der Waals surface area contributed by atoms with Crippen molar-refractivity contribution in [3.05, 3.63) is 22.7 Å². The minimum Gasteiger partial charge on any atom is -0.444 e. The number of piperidine rings is 1. The SMILES string of the molecule is CC(C)(C)OC(=O)N1CCCC(c2cc(Cl)nc(C3CCOC3)n2)C1. The predicted molar refractivity (Wildman–Crippen MR) is 95.0 cm³/mol. The molecule has 2 fully saturated rings. The van der Waals surface area contributed by atoms with Crippen LogP contribution in [0.15, 0.2) is 6.07 Å². The van der Waals surface area contributed by atoms with E-state index in [1.807, 2.05) is 26.8 Å². The molecule has 3 heterocycles. The molecule has 3 rings (SSSR count). The number of hydrogen-bond acceptors (Lipinski definition) is 5. The molecule has 0 radical (unpaired) electrons. The molecule has 0 bridgehead atoms. The first kappa shape index (κ1) is 18.4. The lowest BCUT2D eigenvalue weighted by molar-refractivity contribution is 0.0197. The van der Waals surface area contributed by atoms with E-state index in [9.17, 15) is 4.79 Å². The van der Waals surface area contributed by atoms with Crippen LogP contribution >= 0.6 is 11.6 Å². The van der Waals surface area contributed by atoms with Crippen LogP contribution in [0.5, 0.6) is 0 Å². The third-order valence-electron chi connectivity index (χ3n) is 4.52. The van der Waals surface area contributed by atoms with Gasteiger partial charge in [-0.15, -0.1) is 0 Å². The van der Waals surface area contributed by atoms with Crippen molar-refractivity contribution in [3.63, 3.8) is 0 Å². The molecule has 1 aromatic rings. The van der Waals surface area contributed by atoms with E-state index in [0.717, 1.165) is 37.4 Å². The first-order valence-corrected chi connectivity index (χ1v) is 9.29. The van der Waals surface area contributed by atoms with Crippen molar-refractivity contribution >= 4 is 17.7 Å². The molecule has 2 aliphatic heterocycles. The number of likely N-dealkylation sites (tertiary alicyclic amines) is 1. The van der Waals surface area contributed by atoms with Gasteiger partial charge in [0.25, 0.3) is 0 Å². The molecule has 1 amide bonds. The van der Waals surface area contributed by atoms with Crippen molar-refractivity contribution in [3.8, 4) is 0 Å². The molecule has 1 aromatic heterocycles. The second-order valence-electron chi connectivity index (χ2n) is 7.80. The van der Waals surface area contributed by atoms with E-state index in [-0.39, 0.29) is 17.9 Å². The van der Waals surface area contributed by atoms with Crippen LogP contribution in [0.25, 0.3) is 0 Å². The fraction of sp³-hybridized carbons (Fsp3) is 0.722. The Labute approximate surface area is 153 Å². The molecule has 25 heavy (non-hydrogen) atoms. The van der Waals surface area contributed by atoms with Gasteiger partial charge in [0, 0.05) is 31.5 Å². The number of hydrogen-bond donors (Lipinski definition) is 0. The predicted octanol–water partition coefficient (Wildman–Crippen LogP) is 3.75. The zero-order valence-electron chi connectivity index (χ0n) is 15.1. The Bertz CT molecular complexity index is 626. The minimum atomic E-state index is -0.488. The topological polar surface area (TPSA) is 64.5 Å². The van der Waals surface area contributed by atoms with Crippen molar-refractivity contribution < 1.29 is 14.3 Å². The second-order valence-corrected chi connectivity index (χ2v) is 8.19. The normalized spacial score (nSPS) is 24.4. The third kappa shape index (κ3) is 4.82. The smallest absolute Gasteiger partial charge is 0.410 e. The van der Waals surface area contributed by atoms with Crippen LogP contribution in [0.4, 0.5) is 4.79 Å². The standard InChI is InChI=1S/C18H26ClN3O3/c1-18(2,3)25-17(23)22-7-4-5-12(10-22)14-9-15(19)21-16(20-14)13-6-8-24-11-13/h9,12-13H,4-8,10-11H2,1-3H3. The molecule has 2 saturated heterocycles. The molecule has 0 aliphatic carbocycles. The first-order valence-electron chi connectivity index (χ1n) is 8.92. The quantitative estimate of drug-likeness (QED) is 0.745. The number of nitrogens with zero attached hydrogens (tertiary/aromatic N) is 3. The fourth-order valence-corrected chi connectivity index (χ4v) is 3.49. The van der Waals surface area contributed by atoms with Crippen LogP contribution in [-0.4, -0.2) is 52.9 Å². The maximum atomic E-state index is 12.4. The fourth-order valence-electron chi connectivity index (χ4n) is 3.29. The summed E-state index contributed by atoms with van der Waals surface area (Å²) in [4.78, 5) is 23.3. The molecule has 7 heteroatoms. The van der Waals surface area contributed by atoms with Gasteiger partial charge in [-0.1, -0.05) is 11.6 Å². The Morgan fingerprint density at radius 1 is 1.32 bits per heavy atom. The molecule has 2 unspecified atom stereocenters. The Morgan fingerprint density at radius 2 is 2.12 bits per heavy atom. The Morgan fingerprint density at radius 3 is 2.80 bits per heavy atom. The van der Waals surface area contributed by atoms with Crippen LogP contribution in [0, 0.1) is 0 Å². The molecular weight excluding hydrogens is 342 g/mol. The van der Waals surface area contributed by atoms with Gasteiger partial charge < -0.3 is 14.4 Å². The average Bonchev–Trinajstić information content (AvgIpc) is 3.07. The number of ether oxygens (including phenoxy) is 2. The van der Waals surface area contributed by atoms with E-state index >= 15 is 0 Å². The molecule has 138 valence electrons. The highest BCUT2D eigenvalue weighted by Crippen LogP contribution is 2.30. The second kappa shape index (κ2) is 7.46. The van der Waals surface area contributed by atoms with Crippen LogP contribution in [-0.2, 0) is 9.47 Å². The van der Waals surface area contributed by atoms with Gasteiger partial charge in [0.2, 0.25) is 0 Å². The van der Waals surface area contributed by atoms with Gasteiger partial charge in [-0.25, -0.2) is 14.8 Å². The van der Waals surface area contributed by atoms with Gasteiger partial charge in [-0.3, -0.25) is 0 Å². The van der Waals surface area contributed by atoms with E-state index < -0.39 is 5.60 Å². The number of rotatable bonds is 2. The summed E-state index contributed by atoms with van der Waals surface area (Å²) in [6.45, 7) is 8.35. The van der Waals surface area contributed by atoms with E-state index in [0.29, 0.717) is 24.8 Å². The molecule has 6 nitrogen and oxygen atoms in total. The summed E-state index contributed by atoms with van der Waals surface area (Å²) in [6.07, 6.45) is 2.57. The summed E-state index contributed by atoms with van der Waals surface area (Å²) >= 11 is 6.24. The molecular formula is C18H26ClN3O3. The van der Waals surface area contributed by atoms with Crippen molar-refractivity contribution in [1.29, 1.82) is 0 Å². The first-order chi connectivity index (χ1) is 11.8. The van der Waals surface area contributed by atoms with E-state index in [4.69, 9.17) is 26.1 Å².